The van der Waals surface area contributed by atoms with Gasteiger partial charge in [0.2, 0.25) is 5.78 Å². The fourth-order valence-electron chi connectivity index (χ4n) is 4.67. The van der Waals surface area contributed by atoms with Gasteiger partial charge in [-0.1, -0.05) is 0 Å². The van der Waals surface area contributed by atoms with E-state index in [0.717, 1.165) is 55.5 Å². The molecule has 168 valence electrons. The van der Waals surface area contributed by atoms with Gasteiger partial charge in [0.1, 0.15) is 39.3 Å². The minimum absolute atomic E-state index is 0.000294. The summed E-state index contributed by atoms with van der Waals surface area (Å²) >= 11 is 0. The van der Waals surface area contributed by atoms with E-state index in [9.17, 15) is 9.59 Å². The molecule has 1 aliphatic heterocycles. The third kappa shape index (κ3) is 4.99. The fourth-order valence-corrected chi connectivity index (χ4v) is 4.67. The highest BCUT2D eigenvalue weighted by atomic mass is 16.5. The predicted octanol–water partition coefficient (Wildman–Crippen LogP) is 0.326. The normalized spacial score (nSPS) is 18.6. The second-order valence-corrected chi connectivity index (χ2v) is 8.59. The number of nitrogens with one attached hydrogen (secondary N) is 3. The van der Waals surface area contributed by atoms with Crippen molar-refractivity contribution in [2.45, 2.75) is 34.2 Å². The van der Waals surface area contributed by atoms with Gasteiger partial charge in [-0.25, -0.2) is 0 Å². The molecule has 1 fully saturated rings. The molecule has 7 nitrogen and oxygen atoms in total. The Kier molecular flexibility index (Phi) is 7.18. The van der Waals surface area contributed by atoms with Crippen LogP contribution in [-0.2, 0) is 6.54 Å². The number of Topliss-reactive ketones (excluding diaryl/α,β-unsaturated/α-hetero) is 2. The molecule has 0 atom stereocenters. The van der Waals surface area contributed by atoms with Crippen LogP contribution >= 0.6 is 0 Å². The van der Waals surface area contributed by atoms with E-state index in [1.165, 1.54) is 20.9 Å². The molecule has 1 saturated heterocycles. The van der Waals surface area contributed by atoms with Crippen molar-refractivity contribution >= 4 is 11.6 Å². The first-order valence-electron chi connectivity index (χ1n) is 10.9. The monoisotopic (exact) mass is 429 g/mol. The van der Waals surface area contributed by atoms with Crippen LogP contribution in [0.15, 0.2) is 12.1 Å². The van der Waals surface area contributed by atoms with Crippen molar-refractivity contribution in [2.24, 2.45) is 0 Å². The maximum Gasteiger partial charge on any atom is 0.233 e. The number of rotatable bonds is 8. The van der Waals surface area contributed by atoms with Gasteiger partial charge in [-0.05, 0) is 51.0 Å². The standard InChI is InChI=1S/C24H33N3O4/c1-15-11-21(30-5)22(31-6)12-19(15)13-26-7-9-27(10-8-26)14-20(29)24-16(2)23(18(4)28)17(3)25-24/h11-12,25H,7-10,13-14H2,1-6H3/p+2. The lowest BCUT2D eigenvalue weighted by Gasteiger charge is -2.29. The molecule has 0 amide bonds. The Morgan fingerprint density at radius 3 is 2.10 bits per heavy atom. The van der Waals surface area contributed by atoms with Gasteiger partial charge >= 0.3 is 0 Å². The zero-order chi connectivity index (χ0) is 22.7. The van der Waals surface area contributed by atoms with Gasteiger partial charge in [0, 0.05) is 16.8 Å². The summed E-state index contributed by atoms with van der Waals surface area (Å²) in [4.78, 5) is 30.7. The Labute approximate surface area is 184 Å². The number of ketones is 2. The average molecular weight is 430 g/mol. The first-order chi connectivity index (χ1) is 14.7. The SMILES string of the molecule is COc1cc(C)c(C[NH+]2CC[NH+](CC(=O)c3[nH]c(C)c(C(C)=O)c3C)CC2)cc1OC. The summed E-state index contributed by atoms with van der Waals surface area (Å²) in [7, 11) is 3.32. The second kappa shape index (κ2) is 9.66. The summed E-state index contributed by atoms with van der Waals surface area (Å²) in [5, 5.41) is 0. The topological polar surface area (TPSA) is 77.3 Å². The lowest BCUT2D eigenvalue weighted by Crippen LogP contribution is -3.27. The number of piperazine rings is 1. The number of H-pyrrole nitrogens is 1. The number of carbonyl (C=O) groups is 2. The average Bonchev–Trinajstić information content (AvgIpc) is 3.04. The summed E-state index contributed by atoms with van der Waals surface area (Å²) in [6, 6.07) is 4.11. The predicted molar refractivity (Wildman–Crippen MR) is 119 cm³/mol. The quantitative estimate of drug-likeness (QED) is 0.529. The molecule has 3 rings (SSSR count). The van der Waals surface area contributed by atoms with Crippen LogP contribution in [-0.4, -0.2) is 63.5 Å². The zero-order valence-electron chi connectivity index (χ0n) is 19.5. The van der Waals surface area contributed by atoms with E-state index in [1.54, 1.807) is 21.1 Å². The number of ether oxygens (including phenoxy) is 2. The minimum atomic E-state index is 0.000294. The van der Waals surface area contributed by atoms with Gasteiger partial charge in [0.15, 0.2) is 17.3 Å². The highest BCUT2D eigenvalue weighted by Gasteiger charge is 2.28. The molecule has 1 aliphatic rings. The molecular formula is C24H35N3O4+2. The minimum Gasteiger partial charge on any atom is -0.493 e. The second-order valence-electron chi connectivity index (χ2n) is 8.59. The summed E-state index contributed by atoms with van der Waals surface area (Å²) in [6.07, 6.45) is 0. The van der Waals surface area contributed by atoms with Crippen LogP contribution in [0.2, 0.25) is 0 Å². The maximum atomic E-state index is 12.9. The van der Waals surface area contributed by atoms with Gasteiger partial charge < -0.3 is 24.3 Å². The summed E-state index contributed by atoms with van der Waals surface area (Å²) < 4.78 is 10.8. The Morgan fingerprint density at radius 2 is 1.55 bits per heavy atom. The number of aromatic nitrogens is 1. The molecule has 0 unspecified atom stereocenters. The highest BCUT2D eigenvalue weighted by Crippen LogP contribution is 2.29. The van der Waals surface area contributed by atoms with Crippen molar-refractivity contribution in [1.82, 2.24) is 4.98 Å². The number of quaternary nitrogens is 2. The summed E-state index contributed by atoms with van der Waals surface area (Å²) in [5.41, 5.74) is 5.27. The van der Waals surface area contributed by atoms with Gasteiger partial charge in [0.05, 0.1) is 19.9 Å². The van der Waals surface area contributed by atoms with Gasteiger partial charge in [-0.15, -0.1) is 0 Å². The van der Waals surface area contributed by atoms with Crippen LogP contribution in [0.3, 0.4) is 0 Å². The number of carbonyl (C=O) groups excluding carboxylic acids is 2. The molecule has 0 spiro atoms. The van der Waals surface area contributed by atoms with Crippen molar-refractivity contribution < 1.29 is 28.9 Å². The van der Waals surface area contributed by atoms with E-state index in [4.69, 9.17) is 9.47 Å². The molecule has 31 heavy (non-hydrogen) atoms. The first-order valence-corrected chi connectivity index (χ1v) is 10.9. The van der Waals surface area contributed by atoms with Gasteiger partial charge in [-0.3, -0.25) is 9.59 Å². The van der Waals surface area contributed by atoms with Crippen LogP contribution in [0.1, 0.15) is 50.2 Å². The third-order valence-electron chi connectivity index (χ3n) is 6.43. The van der Waals surface area contributed by atoms with Crippen LogP contribution in [0.5, 0.6) is 11.5 Å². The smallest absolute Gasteiger partial charge is 0.233 e. The number of benzene rings is 1. The van der Waals surface area contributed by atoms with Crippen molar-refractivity contribution in [3.8, 4) is 11.5 Å². The Hall–Kier alpha value is -2.64. The Balaban J connectivity index is 1.59. The Morgan fingerprint density at radius 1 is 0.968 bits per heavy atom. The van der Waals surface area contributed by atoms with Crippen molar-refractivity contribution in [1.29, 1.82) is 0 Å². The molecular weight excluding hydrogens is 394 g/mol. The summed E-state index contributed by atoms with van der Waals surface area (Å²) in [5.74, 6) is 1.61. The summed E-state index contributed by atoms with van der Waals surface area (Å²) in [6.45, 7) is 12.7. The van der Waals surface area contributed by atoms with E-state index < -0.39 is 0 Å². The molecule has 2 aromatic rings. The van der Waals surface area contributed by atoms with Crippen LogP contribution in [0, 0.1) is 20.8 Å². The Bertz CT molecular complexity index is 972. The first kappa shape index (κ1) is 23.0. The van der Waals surface area contributed by atoms with Crippen LogP contribution in [0.25, 0.3) is 0 Å². The zero-order valence-corrected chi connectivity index (χ0v) is 19.5. The van der Waals surface area contributed by atoms with E-state index >= 15 is 0 Å². The molecule has 0 bridgehead atoms. The van der Waals surface area contributed by atoms with E-state index in [0.29, 0.717) is 17.8 Å². The molecule has 1 aromatic carbocycles. The van der Waals surface area contributed by atoms with E-state index in [-0.39, 0.29) is 11.6 Å². The molecule has 7 heteroatoms. The number of hydrogen-bond acceptors (Lipinski definition) is 4. The number of aryl methyl sites for hydroxylation is 2. The van der Waals surface area contributed by atoms with E-state index in [2.05, 4.69) is 18.0 Å². The third-order valence-corrected chi connectivity index (χ3v) is 6.43. The van der Waals surface area contributed by atoms with Gasteiger partial charge in [-0.2, -0.15) is 0 Å². The highest BCUT2D eigenvalue weighted by molar-refractivity contribution is 6.03. The number of methoxy groups -OCH3 is 2. The van der Waals surface area contributed by atoms with Crippen molar-refractivity contribution in [3.05, 3.63) is 45.8 Å². The lowest BCUT2D eigenvalue weighted by atomic mass is 10.0. The van der Waals surface area contributed by atoms with Crippen molar-refractivity contribution in [3.63, 3.8) is 0 Å². The molecule has 2 heterocycles. The maximum absolute atomic E-state index is 12.9. The van der Waals surface area contributed by atoms with Gasteiger partial charge in [0.25, 0.3) is 0 Å². The number of aromatic amines is 1. The molecule has 1 aromatic heterocycles. The van der Waals surface area contributed by atoms with E-state index in [1.807, 2.05) is 19.9 Å². The number of hydrogen-bond donors (Lipinski definition) is 3. The molecule has 0 aliphatic carbocycles. The molecule has 3 N–H and O–H groups in total. The van der Waals surface area contributed by atoms with Crippen LogP contribution < -0.4 is 19.3 Å². The van der Waals surface area contributed by atoms with Crippen molar-refractivity contribution in [2.75, 3.05) is 46.9 Å². The fraction of sp³-hybridized carbons (Fsp3) is 0.500. The molecule has 0 radical (unpaired) electrons. The van der Waals surface area contributed by atoms with Crippen LogP contribution in [0.4, 0.5) is 0 Å². The molecule has 0 saturated carbocycles. The largest absolute Gasteiger partial charge is 0.493 e. The lowest BCUT2D eigenvalue weighted by molar-refractivity contribution is -1.01.